The molecule has 3 nitrogen and oxygen atoms in total. The number of hydrogen-bond acceptors (Lipinski definition) is 3. The zero-order valence-electron chi connectivity index (χ0n) is 9.75. The molecule has 2 atom stereocenters. The van der Waals surface area contributed by atoms with Gasteiger partial charge in [0.2, 0.25) is 0 Å². The van der Waals surface area contributed by atoms with E-state index in [4.69, 9.17) is 4.74 Å². The molecule has 86 valence electrons. The number of carbonyl (C=O) groups excluding carboxylic acids is 1. The summed E-state index contributed by atoms with van der Waals surface area (Å²) in [6, 6.07) is 0. The normalized spacial score (nSPS) is 30.0. The molecule has 1 fully saturated rings. The second kappa shape index (κ2) is 4.35. The van der Waals surface area contributed by atoms with Crippen molar-refractivity contribution in [3.63, 3.8) is 0 Å². The molecule has 0 amide bonds. The Balaban J connectivity index is 2.72. The first kappa shape index (κ1) is 12.2. The fourth-order valence-electron chi connectivity index (χ4n) is 2.16. The number of aliphatic hydroxyl groups is 1. The molecule has 0 bridgehead atoms. The van der Waals surface area contributed by atoms with E-state index in [-0.39, 0.29) is 23.4 Å². The van der Waals surface area contributed by atoms with E-state index in [1.165, 1.54) is 6.92 Å². The van der Waals surface area contributed by atoms with Gasteiger partial charge in [0, 0.05) is 18.3 Å². The molecule has 0 aromatic heterocycles. The van der Waals surface area contributed by atoms with Crippen molar-refractivity contribution in [3.8, 4) is 0 Å². The first-order valence-corrected chi connectivity index (χ1v) is 5.34. The van der Waals surface area contributed by atoms with Gasteiger partial charge in [-0.3, -0.25) is 4.79 Å². The van der Waals surface area contributed by atoms with E-state index >= 15 is 0 Å². The summed E-state index contributed by atoms with van der Waals surface area (Å²) < 4.78 is 5.02. The van der Waals surface area contributed by atoms with Crippen molar-refractivity contribution in [3.05, 3.63) is 12.2 Å². The largest absolute Gasteiger partial charge is 0.465 e. The van der Waals surface area contributed by atoms with Crippen LogP contribution in [-0.4, -0.2) is 23.8 Å². The lowest BCUT2D eigenvalue weighted by atomic mass is 9.65. The van der Waals surface area contributed by atoms with Crippen molar-refractivity contribution in [1.29, 1.82) is 0 Å². The lowest BCUT2D eigenvalue weighted by Gasteiger charge is -2.43. The average Bonchev–Trinajstić information content (AvgIpc) is 2.11. The zero-order valence-corrected chi connectivity index (χ0v) is 9.75. The third-order valence-electron chi connectivity index (χ3n) is 3.44. The summed E-state index contributed by atoms with van der Waals surface area (Å²) >= 11 is 0. The van der Waals surface area contributed by atoms with Crippen LogP contribution in [0.4, 0.5) is 0 Å². The van der Waals surface area contributed by atoms with Crippen molar-refractivity contribution in [2.75, 3.05) is 6.61 Å². The molecule has 0 unspecified atom stereocenters. The van der Waals surface area contributed by atoms with Crippen LogP contribution in [0.3, 0.4) is 0 Å². The number of hydrogen-bond donors (Lipinski definition) is 1. The van der Waals surface area contributed by atoms with Gasteiger partial charge in [0.15, 0.2) is 0 Å². The molecule has 0 aromatic rings. The summed E-state index contributed by atoms with van der Waals surface area (Å²) in [6.07, 6.45) is 1.22. The summed E-state index contributed by atoms with van der Waals surface area (Å²) in [5.41, 5.74) is 0.816. The second-order valence-corrected chi connectivity index (χ2v) is 4.89. The molecule has 0 saturated heterocycles. The smallest absolute Gasteiger partial charge is 0.302 e. The molecular formula is C12H20O3. The molecule has 0 aliphatic heterocycles. The standard InChI is InChI=1S/C12H20O3/c1-8-5-6-11(14)12(3,4)10(8)7-15-9(2)13/h10-11,14H,1,5-7H2,2-4H3/t10-,11-/m0/s1. The van der Waals surface area contributed by atoms with E-state index < -0.39 is 0 Å². The third-order valence-corrected chi connectivity index (χ3v) is 3.44. The highest BCUT2D eigenvalue weighted by molar-refractivity contribution is 5.65. The topological polar surface area (TPSA) is 46.5 Å². The van der Waals surface area contributed by atoms with Crippen LogP contribution in [0.2, 0.25) is 0 Å². The molecule has 1 aliphatic carbocycles. The van der Waals surface area contributed by atoms with Gasteiger partial charge in [-0.05, 0) is 12.8 Å². The van der Waals surface area contributed by atoms with Crippen molar-refractivity contribution in [2.45, 2.75) is 39.7 Å². The Labute approximate surface area is 91.1 Å². The summed E-state index contributed by atoms with van der Waals surface area (Å²) in [5, 5.41) is 9.91. The summed E-state index contributed by atoms with van der Waals surface area (Å²) in [4.78, 5) is 10.8. The number of carbonyl (C=O) groups is 1. The van der Waals surface area contributed by atoms with Gasteiger partial charge in [-0.1, -0.05) is 26.0 Å². The van der Waals surface area contributed by atoms with Gasteiger partial charge in [0.25, 0.3) is 0 Å². The first-order valence-electron chi connectivity index (χ1n) is 5.34. The van der Waals surface area contributed by atoms with Crippen molar-refractivity contribution in [1.82, 2.24) is 0 Å². The quantitative estimate of drug-likeness (QED) is 0.561. The number of esters is 1. The summed E-state index contributed by atoms with van der Waals surface area (Å²) in [7, 11) is 0. The van der Waals surface area contributed by atoms with Crippen LogP contribution in [0.15, 0.2) is 12.2 Å². The van der Waals surface area contributed by atoms with Gasteiger partial charge in [0.05, 0.1) is 12.7 Å². The lowest BCUT2D eigenvalue weighted by molar-refractivity contribution is -0.144. The minimum atomic E-state index is -0.344. The molecule has 0 radical (unpaired) electrons. The van der Waals surface area contributed by atoms with Crippen LogP contribution in [0.1, 0.15) is 33.6 Å². The maximum absolute atomic E-state index is 10.8. The number of rotatable bonds is 2. The Morgan fingerprint density at radius 3 is 2.80 bits per heavy atom. The monoisotopic (exact) mass is 212 g/mol. The molecular weight excluding hydrogens is 192 g/mol. The van der Waals surface area contributed by atoms with Crippen molar-refractivity contribution in [2.24, 2.45) is 11.3 Å². The maximum Gasteiger partial charge on any atom is 0.302 e. The van der Waals surface area contributed by atoms with Crippen LogP contribution in [0.5, 0.6) is 0 Å². The Morgan fingerprint density at radius 2 is 2.27 bits per heavy atom. The maximum atomic E-state index is 10.8. The molecule has 3 heteroatoms. The van der Waals surface area contributed by atoms with E-state index in [2.05, 4.69) is 6.58 Å². The zero-order chi connectivity index (χ0) is 11.6. The van der Waals surface area contributed by atoms with Crippen LogP contribution in [-0.2, 0) is 9.53 Å². The van der Waals surface area contributed by atoms with E-state index in [1.807, 2.05) is 13.8 Å². The van der Waals surface area contributed by atoms with Gasteiger partial charge >= 0.3 is 5.97 Å². The van der Waals surface area contributed by atoms with Gasteiger partial charge in [-0.15, -0.1) is 0 Å². The number of aliphatic hydroxyl groups excluding tert-OH is 1. The fraction of sp³-hybridized carbons (Fsp3) is 0.750. The predicted molar refractivity (Wildman–Crippen MR) is 58.3 cm³/mol. The Hall–Kier alpha value is -0.830. The SMILES string of the molecule is C=C1CC[C@H](O)C(C)(C)[C@H]1COC(C)=O. The van der Waals surface area contributed by atoms with Gasteiger partial charge < -0.3 is 9.84 Å². The fourth-order valence-corrected chi connectivity index (χ4v) is 2.16. The van der Waals surface area contributed by atoms with E-state index in [0.29, 0.717) is 6.61 Å². The van der Waals surface area contributed by atoms with Crippen LogP contribution in [0, 0.1) is 11.3 Å². The summed E-state index contributed by atoms with van der Waals surface area (Å²) in [6.45, 7) is 9.72. The highest BCUT2D eigenvalue weighted by Crippen LogP contribution is 2.43. The number of ether oxygens (including phenoxy) is 1. The van der Waals surface area contributed by atoms with E-state index in [0.717, 1.165) is 18.4 Å². The Kier molecular flexibility index (Phi) is 3.55. The van der Waals surface area contributed by atoms with Crippen LogP contribution >= 0.6 is 0 Å². The first-order chi connectivity index (χ1) is 6.85. The molecule has 0 spiro atoms. The van der Waals surface area contributed by atoms with E-state index in [9.17, 15) is 9.90 Å². The van der Waals surface area contributed by atoms with Crippen molar-refractivity contribution >= 4 is 5.97 Å². The minimum Gasteiger partial charge on any atom is -0.465 e. The van der Waals surface area contributed by atoms with Crippen molar-refractivity contribution < 1.29 is 14.6 Å². The molecule has 0 heterocycles. The molecule has 1 N–H and O–H groups in total. The molecule has 0 aromatic carbocycles. The Bertz CT molecular complexity index is 268. The van der Waals surface area contributed by atoms with Gasteiger partial charge in [-0.2, -0.15) is 0 Å². The van der Waals surface area contributed by atoms with Crippen LogP contribution < -0.4 is 0 Å². The molecule has 1 saturated carbocycles. The molecule has 1 aliphatic rings. The molecule has 15 heavy (non-hydrogen) atoms. The second-order valence-electron chi connectivity index (χ2n) is 4.89. The Morgan fingerprint density at radius 1 is 1.67 bits per heavy atom. The predicted octanol–water partition coefficient (Wildman–Crippen LogP) is 1.90. The lowest BCUT2D eigenvalue weighted by Crippen LogP contribution is -2.43. The van der Waals surface area contributed by atoms with Gasteiger partial charge in [0.1, 0.15) is 0 Å². The van der Waals surface area contributed by atoms with Crippen LogP contribution in [0.25, 0.3) is 0 Å². The highest BCUT2D eigenvalue weighted by atomic mass is 16.5. The third kappa shape index (κ3) is 2.59. The summed E-state index contributed by atoms with van der Waals surface area (Å²) in [5.74, 6) is -0.219. The van der Waals surface area contributed by atoms with Gasteiger partial charge in [-0.25, -0.2) is 0 Å². The average molecular weight is 212 g/mol. The highest BCUT2D eigenvalue weighted by Gasteiger charge is 2.41. The van der Waals surface area contributed by atoms with E-state index in [1.54, 1.807) is 0 Å². The minimum absolute atomic E-state index is 0.0603. The molecule has 1 rings (SSSR count).